The van der Waals surface area contributed by atoms with Crippen LogP contribution in [0, 0.1) is 0 Å². The molecule has 1 fully saturated rings. The molecule has 1 atom stereocenters. The Morgan fingerprint density at radius 2 is 1.87 bits per heavy atom. The third-order valence-electron chi connectivity index (χ3n) is 5.11. The van der Waals surface area contributed by atoms with Gasteiger partial charge in [-0.15, -0.1) is 0 Å². The molecule has 8 heteroatoms. The quantitative estimate of drug-likeness (QED) is 0.602. The van der Waals surface area contributed by atoms with E-state index in [0.717, 1.165) is 16.9 Å². The van der Waals surface area contributed by atoms with Gasteiger partial charge in [-0.1, -0.05) is 43.3 Å². The predicted octanol–water partition coefficient (Wildman–Crippen LogP) is 2.57. The van der Waals surface area contributed by atoms with Gasteiger partial charge in [0.15, 0.2) is 11.5 Å². The number of amides is 4. The summed E-state index contributed by atoms with van der Waals surface area (Å²) in [6.07, 6.45) is 0.882. The zero-order chi connectivity index (χ0) is 22.4. The summed E-state index contributed by atoms with van der Waals surface area (Å²) in [7, 11) is 1.55. The first-order valence-electron chi connectivity index (χ1n) is 10.1. The lowest BCUT2D eigenvalue weighted by Gasteiger charge is -2.22. The lowest BCUT2D eigenvalue weighted by molar-refractivity contribution is -0.134. The van der Waals surface area contributed by atoms with Crippen molar-refractivity contribution in [1.82, 2.24) is 15.5 Å². The van der Waals surface area contributed by atoms with E-state index in [1.165, 1.54) is 0 Å². The first kappa shape index (κ1) is 22.1. The SMILES string of the molecule is CCCOc1ccc(CNC(=O)CN2C(=O)NC(C)(c3ccccc3)C2=O)cc1OC. The summed E-state index contributed by atoms with van der Waals surface area (Å²) in [6, 6.07) is 13.8. The van der Waals surface area contributed by atoms with E-state index < -0.39 is 23.4 Å². The number of nitrogens with zero attached hydrogens (tertiary/aromatic N) is 1. The summed E-state index contributed by atoms with van der Waals surface area (Å²) in [5, 5.41) is 5.43. The van der Waals surface area contributed by atoms with Crippen molar-refractivity contribution in [3.8, 4) is 11.5 Å². The van der Waals surface area contributed by atoms with Crippen LogP contribution in [0.2, 0.25) is 0 Å². The first-order chi connectivity index (χ1) is 14.9. The van der Waals surface area contributed by atoms with Crippen LogP contribution in [0.1, 0.15) is 31.4 Å². The van der Waals surface area contributed by atoms with Gasteiger partial charge >= 0.3 is 6.03 Å². The van der Waals surface area contributed by atoms with Crippen LogP contribution in [0.4, 0.5) is 4.79 Å². The van der Waals surface area contributed by atoms with Crippen LogP contribution in [0.5, 0.6) is 11.5 Å². The molecule has 0 spiro atoms. The smallest absolute Gasteiger partial charge is 0.325 e. The maximum absolute atomic E-state index is 12.9. The summed E-state index contributed by atoms with van der Waals surface area (Å²) >= 11 is 0. The Morgan fingerprint density at radius 3 is 2.55 bits per heavy atom. The molecule has 0 bridgehead atoms. The predicted molar refractivity (Wildman–Crippen MR) is 115 cm³/mol. The van der Waals surface area contributed by atoms with Gasteiger partial charge in [-0.2, -0.15) is 0 Å². The van der Waals surface area contributed by atoms with Gasteiger partial charge in [0.1, 0.15) is 12.1 Å². The molecule has 1 aliphatic heterocycles. The number of ether oxygens (including phenoxy) is 2. The molecule has 2 aromatic carbocycles. The molecule has 4 amide bonds. The molecule has 164 valence electrons. The van der Waals surface area contributed by atoms with E-state index in [1.807, 2.05) is 19.1 Å². The molecule has 2 N–H and O–H groups in total. The van der Waals surface area contributed by atoms with Gasteiger partial charge in [0, 0.05) is 6.54 Å². The number of imide groups is 1. The molecule has 0 saturated carbocycles. The average molecular weight is 425 g/mol. The van der Waals surface area contributed by atoms with Crippen LogP contribution >= 0.6 is 0 Å². The Hall–Kier alpha value is -3.55. The Bertz CT molecular complexity index is 963. The van der Waals surface area contributed by atoms with Crippen molar-refractivity contribution < 1.29 is 23.9 Å². The molecular weight excluding hydrogens is 398 g/mol. The number of rotatable bonds is 9. The van der Waals surface area contributed by atoms with Gasteiger partial charge in [0.2, 0.25) is 5.91 Å². The summed E-state index contributed by atoms with van der Waals surface area (Å²) in [6.45, 7) is 4.10. The Labute approximate surface area is 181 Å². The Morgan fingerprint density at radius 1 is 1.13 bits per heavy atom. The van der Waals surface area contributed by atoms with Gasteiger partial charge in [0.25, 0.3) is 5.91 Å². The van der Waals surface area contributed by atoms with Crippen LogP contribution < -0.4 is 20.1 Å². The highest BCUT2D eigenvalue weighted by Crippen LogP contribution is 2.29. The van der Waals surface area contributed by atoms with Gasteiger partial charge in [-0.3, -0.25) is 14.5 Å². The standard InChI is InChI=1S/C23H27N3O5/c1-4-12-31-18-11-10-16(13-19(18)30-3)14-24-20(27)15-26-21(28)23(2,25-22(26)29)17-8-6-5-7-9-17/h5-11,13H,4,12,14-15H2,1-3H3,(H,24,27)(H,25,29). The molecule has 3 rings (SSSR count). The second-order valence-electron chi connectivity index (χ2n) is 7.42. The van der Waals surface area contributed by atoms with E-state index >= 15 is 0 Å². The lowest BCUT2D eigenvalue weighted by Crippen LogP contribution is -2.43. The summed E-state index contributed by atoms with van der Waals surface area (Å²) in [4.78, 5) is 38.6. The molecule has 0 aromatic heterocycles. The van der Waals surface area contributed by atoms with Crippen molar-refractivity contribution in [2.45, 2.75) is 32.4 Å². The van der Waals surface area contributed by atoms with Gasteiger partial charge in [0.05, 0.1) is 13.7 Å². The van der Waals surface area contributed by atoms with Crippen LogP contribution in [-0.2, 0) is 21.7 Å². The van der Waals surface area contributed by atoms with Crippen molar-refractivity contribution in [2.75, 3.05) is 20.3 Å². The second-order valence-corrected chi connectivity index (χ2v) is 7.42. The third kappa shape index (κ3) is 4.79. The monoisotopic (exact) mass is 425 g/mol. The molecular formula is C23H27N3O5. The number of carbonyl (C=O) groups is 3. The maximum Gasteiger partial charge on any atom is 0.325 e. The largest absolute Gasteiger partial charge is 0.493 e. The second kappa shape index (κ2) is 9.51. The van der Waals surface area contributed by atoms with Crippen LogP contribution in [-0.4, -0.2) is 43.0 Å². The normalized spacial score (nSPS) is 18.0. The molecule has 1 heterocycles. The minimum Gasteiger partial charge on any atom is -0.493 e. The van der Waals surface area contributed by atoms with E-state index in [9.17, 15) is 14.4 Å². The van der Waals surface area contributed by atoms with Gasteiger partial charge in [-0.05, 0) is 36.6 Å². The summed E-state index contributed by atoms with van der Waals surface area (Å²) < 4.78 is 11.0. The molecule has 0 radical (unpaired) electrons. The van der Waals surface area contributed by atoms with E-state index in [0.29, 0.717) is 23.7 Å². The van der Waals surface area contributed by atoms with E-state index in [4.69, 9.17) is 9.47 Å². The zero-order valence-electron chi connectivity index (χ0n) is 17.9. The summed E-state index contributed by atoms with van der Waals surface area (Å²) in [5.74, 6) is 0.316. The van der Waals surface area contributed by atoms with Gasteiger partial charge < -0.3 is 20.1 Å². The number of hydrogen-bond donors (Lipinski definition) is 2. The molecule has 1 unspecified atom stereocenters. The number of carbonyl (C=O) groups excluding carboxylic acids is 3. The fourth-order valence-corrected chi connectivity index (χ4v) is 3.36. The number of hydrogen-bond acceptors (Lipinski definition) is 5. The van der Waals surface area contributed by atoms with E-state index in [1.54, 1.807) is 50.4 Å². The van der Waals surface area contributed by atoms with Crippen molar-refractivity contribution in [2.24, 2.45) is 0 Å². The zero-order valence-corrected chi connectivity index (χ0v) is 17.9. The fraction of sp³-hybridized carbons (Fsp3) is 0.348. The number of urea groups is 1. The van der Waals surface area contributed by atoms with Crippen molar-refractivity contribution >= 4 is 17.8 Å². The Kier molecular flexibility index (Phi) is 6.79. The minimum atomic E-state index is -1.19. The van der Waals surface area contributed by atoms with Gasteiger partial charge in [-0.25, -0.2) is 4.79 Å². The molecule has 31 heavy (non-hydrogen) atoms. The third-order valence-corrected chi connectivity index (χ3v) is 5.11. The molecule has 8 nitrogen and oxygen atoms in total. The maximum atomic E-state index is 12.9. The molecule has 1 aliphatic rings. The number of methoxy groups -OCH3 is 1. The number of benzene rings is 2. The highest BCUT2D eigenvalue weighted by Gasteiger charge is 2.49. The Balaban J connectivity index is 1.61. The highest BCUT2D eigenvalue weighted by atomic mass is 16.5. The summed E-state index contributed by atoms with van der Waals surface area (Å²) in [5.41, 5.74) is 0.273. The van der Waals surface area contributed by atoms with Crippen molar-refractivity contribution in [3.05, 3.63) is 59.7 Å². The number of nitrogens with one attached hydrogen (secondary N) is 2. The van der Waals surface area contributed by atoms with Crippen molar-refractivity contribution in [3.63, 3.8) is 0 Å². The molecule has 2 aromatic rings. The molecule has 0 aliphatic carbocycles. The average Bonchev–Trinajstić information content (AvgIpc) is 3.01. The lowest BCUT2D eigenvalue weighted by atomic mass is 9.92. The first-order valence-corrected chi connectivity index (χ1v) is 10.1. The highest BCUT2D eigenvalue weighted by molar-refractivity contribution is 6.09. The van der Waals surface area contributed by atoms with Crippen molar-refractivity contribution in [1.29, 1.82) is 0 Å². The minimum absolute atomic E-state index is 0.225. The molecule has 1 saturated heterocycles. The fourth-order valence-electron chi connectivity index (χ4n) is 3.36. The van der Waals surface area contributed by atoms with Crippen LogP contribution in [0.25, 0.3) is 0 Å². The van der Waals surface area contributed by atoms with Crippen LogP contribution in [0.15, 0.2) is 48.5 Å². The van der Waals surface area contributed by atoms with Crippen LogP contribution in [0.3, 0.4) is 0 Å². The topological polar surface area (TPSA) is 97.0 Å². The van der Waals surface area contributed by atoms with E-state index in [2.05, 4.69) is 10.6 Å². The van der Waals surface area contributed by atoms with E-state index in [-0.39, 0.29) is 13.1 Å².